The molecule has 8 heteroatoms. The maximum atomic E-state index is 12.8. The van der Waals surface area contributed by atoms with Crippen LogP contribution in [0.2, 0.25) is 0 Å². The fourth-order valence-electron chi connectivity index (χ4n) is 2.83. The number of piperazine rings is 1. The van der Waals surface area contributed by atoms with E-state index in [0.29, 0.717) is 24.2 Å². The molecule has 7 nitrogen and oxygen atoms in total. The maximum Gasteiger partial charge on any atom is 0.254 e. The molecule has 2 heterocycles. The molecule has 1 aromatic carbocycles. The molecule has 2 aromatic rings. The topological polar surface area (TPSA) is 87.7 Å². The molecule has 0 spiro atoms. The zero-order valence-corrected chi connectivity index (χ0v) is 15.1. The van der Waals surface area contributed by atoms with Crippen molar-refractivity contribution in [2.45, 2.75) is 11.8 Å². The molecular formula is C18H19N3O4S. The molecule has 0 aliphatic carbocycles. The standard InChI is InChI=1S/C18H19N3O4S/c1-14(22)16-3-2-4-17(13-16)26(24,25)21-11-9-20(10-12-21)18(23)15-5-7-19-8-6-15/h2-8,13H,9-12H2,1H3. The highest BCUT2D eigenvalue weighted by atomic mass is 32.2. The van der Waals surface area contributed by atoms with Crippen molar-refractivity contribution in [1.29, 1.82) is 0 Å². The van der Waals surface area contributed by atoms with Gasteiger partial charge in [0.05, 0.1) is 4.90 Å². The summed E-state index contributed by atoms with van der Waals surface area (Å²) < 4.78 is 27.0. The van der Waals surface area contributed by atoms with E-state index >= 15 is 0 Å². The summed E-state index contributed by atoms with van der Waals surface area (Å²) in [6, 6.07) is 9.30. The number of Topliss-reactive ketones (excluding diaryl/α,β-unsaturated/α-hetero) is 1. The van der Waals surface area contributed by atoms with Gasteiger partial charge in [0, 0.05) is 49.7 Å². The number of amides is 1. The van der Waals surface area contributed by atoms with E-state index < -0.39 is 10.0 Å². The Hall–Kier alpha value is -2.58. The van der Waals surface area contributed by atoms with Gasteiger partial charge in [-0.05, 0) is 31.2 Å². The average molecular weight is 373 g/mol. The van der Waals surface area contributed by atoms with E-state index in [1.165, 1.54) is 23.4 Å². The highest BCUT2D eigenvalue weighted by Crippen LogP contribution is 2.20. The fraction of sp³-hybridized carbons (Fsp3) is 0.278. The summed E-state index contributed by atoms with van der Waals surface area (Å²) in [5, 5.41) is 0. The summed E-state index contributed by atoms with van der Waals surface area (Å²) in [6.45, 7) is 2.45. The van der Waals surface area contributed by atoms with Gasteiger partial charge < -0.3 is 4.90 Å². The Morgan fingerprint density at radius 1 is 0.962 bits per heavy atom. The Morgan fingerprint density at radius 2 is 1.62 bits per heavy atom. The number of hydrogen-bond donors (Lipinski definition) is 0. The highest BCUT2D eigenvalue weighted by molar-refractivity contribution is 7.89. The highest BCUT2D eigenvalue weighted by Gasteiger charge is 2.30. The van der Waals surface area contributed by atoms with Crippen molar-refractivity contribution in [3.63, 3.8) is 0 Å². The number of hydrogen-bond acceptors (Lipinski definition) is 5. The van der Waals surface area contributed by atoms with Gasteiger partial charge in [-0.25, -0.2) is 8.42 Å². The Labute approximate surface area is 152 Å². The summed E-state index contributed by atoms with van der Waals surface area (Å²) in [7, 11) is -3.70. The van der Waals surface area contributed by atoms with E-state index in [4.69, 9.17) is 0 Å². The lowest BCUT2D eigenvalue weighted by Gasteiger charge is -2.34. The van der Waals surface area contributed by atoms with E-state index in [0.717, 1.165) is 0 Å². The van der Waals surface area contributed by atoms with Crippen LogP contribution in [0.25, 0.3) is 0 Å². The van der Waals surface area contributed by atoms with E-state index in [9.17, 15) is 18.0 Å². The summed E-state index contributed by atoms with van der Waals surface area (Å²) in [5.74, 6) is -0.321. The smallest absolute Gasteiger partial charge is 0.254 e. The van der Waals surface area contributed by atoms with Crippen LogP contribution in [0.1, 0.15) is 27.6 Å². The SMILES string of the molecule is CC(=O)c1cccc(S(=O)(=O)N2CCN(C(=O)c3ccncc3)CC2)c1. The molecular weight excluding hydrogens is 354 g/mol. The quantitative estimate of drug-likeness (QED) is 0.757. The predicted octanol–water partition coefficient (Wildman–Crippen LogP) is 1.43. The number of benzene rings is 1. The van der Waals surface area contributed by atoms with Crippen LogP contribution in [0.5, 0.6) is 0 Å². The summed E-state index contributed by atoms with van der Waals surface area (Å²) in [5.41, 5.74) is 0.892. The summed E-state index contributed by atoms with van der Waals surface area (Å²) in [4.78, 5) is 29.6. The zero-order chi connectivity index (χ0) is 18.7. The van der Waals surface area contributed by atoms with Crippen molar-refractivity contribution < 1.29 is 18.0 Å². The zero-order valence-electron chi connectivity index (χ0n) is 14.3. The average Bonchev–Trinajstić information content (AvgIpc) is 2.68. The minimum absolute atomic E-state index is 0.0964. The van der Waals surface area contributed by atoms with Crippen LogP contribution >= 0.6 is 0 Å². The van der Waals surface area contributed by atoms with Crippen molar-refractivity contribution >= 4 is 21.7 Å². The van der Waals surface area contributed by atoms with Gasteiger partial charge in [-0.15, -0.1) is 0 Å². The number of carbonyl (C=O) groups is 2. The van der Waals surface area contributed by atoms with Crippen LogP contribution in [0.15, 0.2) is 53.7 Å². The number of rotatable bonds is 4. The second kappa shape index (κ2) is 7.35. The lowest BCUT2D eigenvalue weighted by Crippen LogP contribution is -2.50. The minimum Gasteiger partial charge on any atom is -0.336 e. The number of pyridine rings is 1. The molecule has 3 rings (SSSR count). The van der Waals surface area contributed by atoms with Gasteiger partial charge in [0.1, 0.15) is 0 Å². The lowest BCUT2D eigenvalue weighted by atomic mass is 10.2. The molecule has 1 fully saturated rings. The molecule has 136 valence electrons. The van der Waals surface area contributed by atoms with Crippen LogP contribution in [0.3, 0.4) is 0 Å². The Kier molecular flexibility index (Phi) is 5.15. The van der Waals surface area contributed by atoms with Crippen LogP contribution < -0.4 is 0 Å². The molecule has 0 unspecified atom stereocenters. The fourth-order valence-corrected chi connectivity index (χ4v) is 4.30. The number of aromatic nitrogens is 1. The molecule has 0 radical (unpaired) electrons. The first-order valence-electron chi connectivity index (χ1n) is 8.20. The van der Waals surface area contributed by atoms with Gasteiger partial charge in [-0.2, -0.15) is 4.31 Å². The molecule has 0 bridgehead atoms. The second-order valence-electron chi connectivity index (χ2n) is 6.02. The van der Waals surface area contributed by atoms with Gasteiger partial charge in [0.15, 0.2) is 5.78 Å². The van der Waals surface area contributed by atoms with Crippen LogP contribution in [0, 0.1) is 0 Å². The van der Waals surface area contributed by atoms with E-state index in [2.05, 4.69) is 4.98 Å². The van der Waals surface area contributed by atoms with Crippen LogP contribution in [0.4, 0.5) is 0 Å². The summed E-state index contributed by atoms with van der Waals surface area (Å²) in [6.07, 6.45) is 3.10. The van der Waals surface area contributed by atoms with Crippen LogP contribution in [-0.4, -0.2) is 60.5 Å². The third kappa shape index (κ3) is 3.66. The number of ketones is 1. The third-order valence-corrected chi connectivity index (χ3v) is 6.23. The largest absolute Gasteiger partial charge is 0.336 e. The first kappa shape index (κ1) is 18.2. The third-order valence-electron chi connectivity index (χ3n) is 4.33. The van der Waals surface area contributed by atoms with Gasteiger partial charge >= 0.3 is 0 Å². The van der Waals surface area contributed by atoms with Gasteiger partial charge in [0.2, 0.25) is 10.0 Å². The predicted molar refractivity (Wildman–Crippen MR) is 95.3 cm³/mol. The van der Waals surface area contributed by atoms with Crippen LogP contribution in [-0.2, 0) is 10.0 Å². The van der Waals surface area contributed by atoms with E-state index in [-0.39, 0.29) is 29.7 Å². The minimum atomic E-state index is -3.70. The molecule has 1 aliphatic rings. The van der Waals surface area contributed by atoms with Gasteiger partial charge in [-0.1, -0.05) is 12.1 Å². The first-order valence-corrected chi connectivity index (χ1v) is 9.64. The molecule has 0 N–H and O–H groups in total. The molecule has 1 aliphatic heterocycles. The maximum absolute atomic E-state index is 12.8. The monoisotopic (exact) mass is 373 g/mol. The van der Waals surface area contributed by atoms with Gasteiger partial charge in [0.25, 0.3) is 5.91 Å². The molecule has 1 aromatic heterocycles. The number of nitrogens with zero attached hydrogens (tertiary/aromatic N) is 3. The Bertz CT molecular complexity index is 920. The Balaban J connectivity index is 1.72. The molecule has 0 atom stereocenters. The first-order chi connectivity index (χ1) is 12.4. The van der Waals surface area contributed by atoms with E-state index in [1.807, 2.05) is 0 Å². The second-order valence-corrected chi connectivity index (χ2v) is 7.95. The number of carbonyl (C=O) groups excluding carboxylic acids is 2. The summed E-state index contributed by atoms with van der Waals surface area (Å²) >= 11 is 0. The van der Waals surface area contributed by atoms with Crippen molar-refractivity contribution in [2.24, 2.45) is 0 Å². The van der Waals surface area contributed by atoms with Gasteiger partial charge in [-0.3, -0.25) is 14.6 Å². The molecule has 1 amide bonds. The van der Waals surface area contributed by atoms with E-state index in [1.54, 1.807) is 41.6 Å². The number of sulfonamides is 1. The molecule has 0 saturated carbocycles. The van der Waals surface area contributed by atoms with Crippen molar-refractivity contribution in [2.75, 3.05) is 26.2 Å². The van der Waals surface area contributed by atoms with Crippen molar-refractivity contribution in [3.8, 4) is 0 Å². The van der Waals surface area contributed by atoms with Crippen molar-refractivity contribution in [3.05, 3.63) is 59.9 Å². The molecule has 26 heavy (non-hydrogen) atoms. The molecule has 1 saturated heterocycles. The van der Waals surface area contributed by atoms with Crippen molar-refractivity contribution in [1.82, 2.24) is 14.2 Å². The Morgan fingerprint density at radius 3 is 2.23 bits per heavy atom. The normalized spacial score (nSPS) is 15.7. The lowest BCUT2D eigenvalue weighted by molar-refractivity contribution is 0.0697.